The van der Waals surface area contributed by atoms with Crippen molar-refractivity contribution in [1.29, 1.82) is 0 Å². The number of amides is 4. The van der Waals surface area contributed by atoms with Crippen LogP contribution in [0.1, 0.15) is 38.3 Å². The first-order chi connectivity index (χ1) is 9.97. The third kappa shape index (κ3) is 2.93. The van der Waals surface area contributed by atoms with Crippen molar-refractivity contribution in [3.8, 4) is 0 Å². The number of hydrogen-bond donors (Lipinski definition) is 1. The van der Waals surface area contributed by atoms with Crippen molar-refractivity contribution in [2.75, 3.05) is 0 Å². The lowest BCUT2D eigenvalue weighted by Gasteiger charge is -2.34. The van der Waals surface area contributed by atoms with Crippen LogP contribution in [-0.4, -0.2) is 22.7 Å². The molecule has 21 heavy (non-hydrogen) atoms. The molecule has 0 spiro atoms. The van der Waals surface area contributed by atoms with Crippen LogP contribution in [0.3, 0.4) is 0 Å². The largest absolute Gasteiger partial charge is 0.331 e. The highest BCUT2D eigenvalue weighted by atomic mass is 35.5. The molecular weight excluding hydrogens is 292 g/mol. The number of barbiturate groups is 1. The van der Waals surface area contributed by atoms with Gasteiger partial charge in [0, 0.05) is 5.02 Å². The fraction of sp³-hybridized carbons (Fsp3) is 0.400. The highest BCUT2D eigenvalue weighted by molar-refractivity contribution is 6.31. The third-order valence-electron chi connectivity index (χ3n) is 3.62. The van der Waals surface area contributed by atoms with Gasteiger partial charge in [-0.2, -0.15) is 0 Å². The second kappa shape index (κ2) is 6.26. The van der Waals surface area contributed by atoms with E-state index < -0.39 is 29.8 Å². The Morgan fingerprint density at radius 2 is 1.95 bits per heavy atom. The highest BCUT2D eigenvalue weighted by Gasteiger charge is 2.42. The highest BCUT2D eigenvalue weighted by Crippen LogP contribution is 2.30. The Balaban J connectivity index is 2.33. The molecule has 5 nitrogen and oxygen atoms in total. The van der Waals surface area contributed by atoms with Gasteiger partial charge in [-0.15, -0.1) is 0 Å². The summed E-state index contributed by atoms with van der Waals surface area (Å²) in [6, 6.07) is 5.81. The first kappa shape index (κ1) is 15.5. The maximum absolute atomic E-state index is 12.5. The molecule has 0 bridgehead atoms. The minimum absolute atomic E-state index is 0.420. The summed E-state index contributed by atoms with van der Waals surface area (Å²) in [6.45, 7) is 3.61. The van der Waals surface area contributed by atoms with Crippen molar-refractivity contribution in [2.24, 2.45) is 5.92 Å². The Kier molecular flexibility index (Phi) is 4.63. The molecule has 0 saturated carbocycles. The van der Waals surface area contributed by atoms with E-state index in [1.54, 1.807) is 31.2 Å². The van der Waals surface area contributed by atoms with E-state index in [2.05, 4.69) is 5.32 Å². The molecule has 6 heteroatoms. The number of halogens is 1. The minimum Gasteiger partial charge on any atom is -0.277 e. The summed E-state index contributed by atoms with van der Waals surface area (Å²) in [5, 5.41) is 2.73. The number of hydrogen-bond acceptors (Lipinski definition) is 3. The van der Waals surface area contributed by atoms with Gasteiger partial charge in [0.1, 0.15) is 5.92 Å². The van der Waals surface area contributed by atoms with Crippen LogP contribution < -0.4 is 5.32 Å². The van der Waals surface area contributed by atoms with Gasteiger partial charge in [0.25, 0.3) is 0 Å². The van der Waals surface area contributed by atoms with Gasteiger partial charge < -0.3 is 0 Å². The van der Waals surface area contributed by atoms with E-state index in [1.807, 2.05) is 6.92 Å². The van der Waals surface area contributed by atoms with Crippen LogP contribution in [0.2, 0.25) is 5.02 Å². The average Bonchev–Trinajstić information content (AvgIpc) is 2.43. The van der Waals surface area contributed by atoms with Crippen molar-refractivity contribution in [3.05, 3.63) is 34.9 Å². The third-order valence-corrected chi connectivity index (χ3v) is 3.97. The van der Waals surface area contributed by atoms with E-state index in [0.29, 0.717) is 23.4 Å². The van der Waals surface area contributed by atoms with Crippen molar-refractivity contribution in [1.82, 2.24) is 10.2 Å². The van der Waals surface area contributed by atoms with Gasteiger partial charge in [0.2, 0.25) is 11.8 Å². The number of nitrogens with one attached hydrogen (secondary N) is 1. The van der Waals surface area contributed by atoms with Gasteiger partial charge in [-0.3, -0.25) is 19.8 Å². The number of urea groups is 1. The smallest absolute Gasteiger partial charge is 0.277 e. The molecule has 1 N–H and O–H groups in total. The molecule has 1 saturated heterocycles. The molecule has 0 aliphatic carbocycles. The second-order valence-electron chi connectivity index (χ2n) is 5.04. The maximum atomic E-state index is 12.5. The molecule has 0 aromatic heterocycles. The topological polar surface area (TPSA) is 66.5 Å². The molecule has 112 valence electrons. The van der Waals surface area contributed by atoms with E-state index in [4.69, 9.17) is 11.6 Å². The van der Waals surface area contributed by atoms with Gasteiger partial charge in [0.15, 0.2) is 0 Å². The summed E-state index contributed by atoms with van der Waals surface area (Å²) in [5.74, 6) is -1.79. The zero-order valence-corrected chi connectivity index (χ0v) is 12.7. The fourth-order valence-corrected chi connectivity index (χ4v) is 2.79. The summed E-state index contributed by atoms with van der Waals surface area (Å²) in [4.78, 5) is 37.3. The lowest BCUT2D eigenvalue weighted by atomic mass is 9.97. The quantitative estimate of drug-likeness (QED) is 0.870. The van der Waals surface area contributed by atoms with Crippen LogP contribution in [0.4, 0.5) is 4.79 Å². The van der Waals surface area contributed by atoms with Crippen LogP contribution in [0.15, 0.2) is 24.3 Å². The average molecular weight is 309 g/mol. The predicted molar refractivity (Wildman–Crippen MR) is 78.6 cm³/mol. The van der Waals surface area contributed by atoms with Crippen molar-refractivity contribution in [3.63, 3.8) is 0 Å². The molecule has 1 aromatic carbocycles. The van der Waals surface area contributed by atoms with E-state index in [1.165, 1.54) is 0 Å². The molecule has 1 fully saturated rings. The van der Waals surface area contributed by atoms with Crippen LogP contribution >= 0.6 is 11.6 Å². The maximum Gasteiger partial charge on any atom is 0.331 e. The van der Waals surface area contributed by atoms with Crippen molar-refractivity contribution < 1.29 is 14.4 Å². The normalized spacial score (nSPS) is 20.4. The molecule has 4 amide bonds. The van der Waals surface area contributed by atoms with Crippen LogP contribution in [0.25, 0.3) is 0 Å². The minimum atomic E-state index is -0.808. The zero-order valence-electron chi connectivity index (χ0n) is 11.9. The number of rotatable bonds is 4. The van der Waals surface area contributed by atoms with Crippen LogP contribution in [0.5, 0.6) is 0 Å². The molecule has 1 aliphatic rings. The summed E-state index contributed by atoms with van der Waals surface area (Å²) >= 11 is 6.12. The SMILES string of the molecule is CCCC1C(=O)NC(=O)N(C(C)c2ccccc2Cl)C1=O. The monoisotopic (exact) mass is 308 g/mol. The second-order valence-corrected chi connectivity index (χ2v) is 5.45. The Bertz CT molecular complexity index is 588. The van der Waals surface area contributed by atoms with E-state index >= 15 is 0 Å². The number of benzene rings is 1. The van der Waals surface area contributed by atoms with E-state index in [-0.39, 0.29) is 0 Å². The van der Waals surface area contributed by atoms with Crippen LogP contribution in [-0.2, 0) is 9.59 Å². The first-order valence-electron chi connectivity index (χ1n) is 6.89. The summed E-state index contributed by atoms with van der Waals surface area (Å²) in [5.41, 5.74) is 0.673. The van der Waals surface area contributed by atoms with E-state index in [9.17, 15) is 14.4 Å². The van der Waals surface area contributed by atoms with Gasteiger partial charge in [-0.25, -0.2) is 4.79 Å². The Labute approximate surface area is 128 Å². The zero-order chi connectivity index (χ0) is 15.6. The number of carbonyl (C=O) groups excluding carboxylic acids is 3. The Morgan fingerprint density at radius 1 is 1.29 bits per heavy atom. The van der Waals surface area contributed by atoms with Gasteiger partial charge >= 0.3 is 6.03 Å². The summed E-state index contributed by atoms with van der Waals surface area (Å²) in [7, 11) is 0. The van der Waals surface area contributed by atoms with Gasteiger partial charge in [0.05, 0.1) is 6.04 Å². The molecule has 1 heterocycles. The lowest BCUT2D eigenvalue weighted by Crippen LogP contribution is -2.58. The molecule has 1 aliphatic heterocycles. The number of carbonyl (C=O) groups is 3. The molecule has 2 atom stereocenters. The van der Waals surface area contributed by atoms with Crippen LogP contribution in [0, 0.1) is 5.92 Å². The fourth-order valence-electron chi connectivity index (χ4n) is 2.50. The molecular formula is C15H17ClN2O3. The lowest BCUT2D eigenvalue weighted by molar-refractivity contribution is -0.144. The number of imide groups is 2. The molecule has 1 aromatic rings. The molecule has 2 unspecified atom stereocenters. The summed E-state index contributed by atoms with van der Waals surface area (Å²) < 4.78 is 0. The summed E-state index contributed by atoms with van der Waals surface area (Å²) in [6.07, 6.45) is 1.11. The van der Waals surface area contributed by atoms with Gasteiger partial charge in [-0.1, -0.05) is 43.1 Å². The predicted octanol–water partition coefficient (Wildman–Crippen LogP) is 2.90. The molecule has 2 rings (SSSR count). The standard InChI is InChI=1S/C15H17ClN2O3/c1-3-6-11-13(19)17-15(21)18(14(11)20)9(2)10-7-4-5-8-12(10)16/h4-5,7-9,11H,3,6H2,1-2H3,(H,17,19,21). The molecule has 0 radical (unpaired) electrons. The van der Waals surface area contributed by atoms with Crippen molar-refractivity contribution in [2.45, 2.75) is 32.7 Å². The first-order valence-corrected chi connectivity index (χ1v) is 7.27. The van der Waals surface area contributed by atoms with E-state index in [0.717, 1.165) is 4.90 Å². The van der Waals surface area contributed by atoms with Gasteiger partial charge in [-0.05, 0) is 25.0 Å². The Morgan fingerprint density at radius 3 is 2.57 bits per heavy atom. The van der Waals surface area contributed by atoms with Crippen molar-refractivity contribution >= 4 is 29.4 Å². The number of nitrogens with zero attached hydrogens (tertiary/aromatic N) is 1. The Hall–Kier alpha value is -1.88.